The lowest BCUT2D eigenvalue weighted by molar-refractivity contribution is -0.135. The van der Waals surface area contributed by atoms with E-state index < -0.39 is 0 Å². The van der Waals surface area contributed by atoms with E-state index in [1.54, 1.807) is 18.3 Å². The second-order valence-electron chi connectivity index (χ2n) is 5.00. The zero-order chi connectivity index (χ0) is 14.5. The molecule has 0 aromatic heterocycles. The molecule has 1 N–H and O–H groups in total. The van der Waals surface area contributed by atoms with E-state index in [4.69, 9.17) is 4.74 Å². The Bertz CT molecular complexity index is 632. The third-order valence-corrected chi connectivity index (χ3v) is 3.19. The Hall–Kier alpha value is -2.62. The Morgan fingerprint density at radius 3 is 2.48 bits per heavy atom. The molecule has 106 valence electrons. The molecule has 0 heterocycles. The molecule has 4 heteroatoms. The third-order valence-electron chi connectivity index (χ3n) is 3.19. The molecular formula is C17H16N2O2. The molecule has 4 nitrogen and oxygen atoms in total. The molecule has 0 aliphatic heterocycles. The molecule has 21 heavy (non-hydrogen) atoms. The van der Waals surface area contributed by atoms with Crippen molar-refractivity contribution in [1.29, 1.82) is 0 Å². The summed E-state index contributed by atoms with van der Waals surface area (Å²) in [4.78, 5) is 11.5. The van der Waals surface area contributed by atoms with E-state index in [1.165, 1.54) is 0 Å². The van der Waals surface area contributed by atoms with Crippen molar-refractivity contribution >= 4 is 17.9 Å². The van der Waals surface area contributed by atoms with Gasteiger partial charge in [-0.15, -0.1) is 0 Å². The molecule has 1 aliphatic carbocycles. The van der Waals surface area contributed by atoms with Gasteiger partial charge in [-0.05, 0) is 54.8 Å². The average molecular weight is 280 g/mol. The van der Waals surface area contributed by atoms with Crippen molar-refractivity contribution in [3.8, 4) is 5.75 Å². The molecule has 2 aromatic carbocycles. The summed E-state index contributed by atoms with van der Waals surface area (Å²) in [6.07, 6.45) is 3.63. The van der Waals surface area contributed by atoms with Gasteiger partial charge in [-0.1, -0.05) is 18.2 Å². The Kier molecular flexibility index (Phi) is 3.96. The molecule has 3 rings (SSSR count). The normalized spacial score (nSPS) is 14.1. The zero-order valence-corrected chi connectivity index (χ0v) is 11.5. The molecule has 1 saturated carbocycles. The van der Waals surface area contributed by atoms with Gasteiger partial charge in [0.2, 0.25) is 0 Å². The number of hydrazone groups is 1. The fourth-order valence-electron chi connectivity index (χ4n) is 1.83. The minimum absolute atomic E-state index is 0.112. The smallest absolute Gasteiger partial charge is 0.314 e. The van der Waals surface area contributed by atoms with Crippen molar-refractivity contribution < 1.29 is 9.53 Å². The first-order chi connectivity index (χ1) is 10.3. The second kappa shape index (κ2) is 6.22. The lowest BCUT2D eigenvalue weighted by Gasteiger charge is -2.03. The Balaban J connectivity index is 1.55. The van der Waals surface area contributed by atoms with Crippen LogP contribution >= 0.6 is 0 Å². The van der Waals surface area contributed by atoms with E-state index in [2.05, 4.69) is 10.5 Å². The van der Waals surface area contributed by atoms with Crippen molar-refractivity contribution in [1.82, 2.24) is 0 Å². The lowest BCUT2D eigenvalue weighted by Crippen LogP contribution is -2.09. The second-order valence-corrected chi connectivity index (χ2v) is 5.00. The van der Waals surface area contributed by atoms with E-state index in [0.717, 1.165) is 24.1 Å². The summed E-state index contributed by atoms with van der Waals surface area (Å²) in [6.45, 7) is 0. The van der Waals surface area contributed by atoms with E-state index in [0.29, 0.717) is 5.75 Å². The summed E-state index contributed by atoms with van der Waals surface area (Å²) in [5.41, 5.74) is 4.82. The maximum Gasteiger partial charge on any atom is 0.314 e. The number of ether oxygens (including phenoxy) is 1. The first kappa shape index (κ1) is 13.4. The molecule has 0 unspecified atom stereocenters. The highest BCUT2D eigenvalue weighted by molar-refractivity contribution is 5.81. The van der Waals surface area contributed by atoms with Crippen LogP contribution in [0.2, 0.25) is 0 Å². The number of benzene rings is 2. The topological polar surface area (TPSA) is 50.7 Å². The van der Waals surface area contributed by atoms with Crippen molar-refractivity contribution in [2.45, 2.75) is 12.8 Å². The van der Waals surface area contributed by atoms with Crippen molar-refractivity contribution in [3.63, 3.8) is 0 Å². The number of hydrogen-bond acceptors (Lipinski definition) is 4. The van der Waals surface area contributed by atoms with Gasteiger partial charge < -0.3 is 4.74 Å². The minimum Gasteiger partial charge on any atom is -0.426 e. The third kappa shape index (κ3) is 3.92. The van der Waals surface area contributed by atoms with Crippen LogP contribution in [0.25, 0.3) is 0 Å². The summed E-state index contributed by atoms with van der Waals surface area (Å²) in [7, 11) is 0. The Morgan fingerprint density at radius 2 is 1.81 bits per heavy atom. The summed E-state index contributed by atoms with van der Waals surface area (Å²) in [6, 6.07) is 17.0. The van der Waals surface area contributed by atoms with Gasteiger partial charge in [0.05, 0.1) is 17.8 Å². The number of hydrogen-bond donors (Lipinski definition) is 1. The number of rotatable bonds is 5. The van der Waals surface area contributed by atoms with Crippen LogP contribution in [0.3, 0.4) is 0 Å². The number of anilines is 1. The quantitative estimate of drug-likeness (QED) is 0.395. The van der Waals surface area contributed by atoms with Crippen LogP contribution in [0.5, 0.6) is 5.75 Å². The van der Waals surface area contributed by atoms with Crippen LogP contribution in [0.1, 0.15) is 18.4 Å². The molecule has 0 saturated heterocycles. The van der Waals surface area contributed by atoms with Crippen LogP contribution in [0, 0.1) is 5.92 Å². The number of carbonyl (C=O) groups is 1. The monoisotopic (exact) mass is 280 g/mol. The maximum absolute atomic E-state index is 11.5. The van der Waals surface area contributed by atoms with Gasteiger partial charge in [0.15, 0.2) is 0 Å². The Morgan fingerprint density at radius 1 is 1.10 bits per heavy atom. The predicted molar refractivity (Wildman–Crippen MR) is 82.5 cm³/mol. The maximum atomic E-state index is 11.5. The highest BCUT2D eigenvalue weighted by Crippen LogP contribution is 2.30. The molecule has 0 radical (unpaired) electrons. The SMILES string of the molecule is O=C(Oc1ccc(C=NNc2ccccc2)cc1)C1CC1. The van der Waals surface area contributed by atoms with Gasteiger partial charge in [-0.25, -0.2) is 0 Å². The van der Waals surface area contributed by atoms with Crippen LogP contribution in [-0.2, 0) is 4.79 Å². The largest absolute Gasteiger partial charge is 0.426 e. The fourth-order valence-corrected chi connectivity index (χ4v) is 1.83. The standard InChI is InChI=1S/C17H16N2O2/c20-17(14-8-9-14)21-16-10-6-13(7-11-16)12-18-19-15-4-2-1-3-5-15/h1-7,10-12,14,19H,8-9H2. The molecule has 0 spiro atoms. The molecule has 1 aliphatic rings. The summed E-state index contributed by atoms with van der Waals surface area (Å²) in [5.74, 6) is 0.573. The van der Waals surface area contributed by atoms with Gasteiger partial charge in [0.1, 0.15) is 5.75 Å². The van der Waals surface area contributed by atoms with Gasteiger partial charge in [-0.3, -0.25) is 10.2 Å². The Labute approximate surface area is 123 Å². The summed E-state index contributed by atoms with van der Waals surface area (Å²) < 4.78 is 5.27. The van der Waals surface area contributed by atoms with E-state index in [9.17, 15) is 4.79 Å². The molecule has 2 aromatic rings. The van der Waals surface area contributed by atoms with Crippen LogP contribution in [-0.4, -0.2) is 12.2 Å². The minimum atomic E-state index is -0.123. The molecular weight excluding hydrogens is 264 g/mol. The van der Waals surface area contributed by atoms with E-state index >= 15 is 0 Å². The van der Waals surface area contributed by atoms with Crippen molar-refractivity contribution in [2.24, 2.45) is 11.0 Å². The van der Waals surface area contributed by atoms with Crippen molar-refractivity contribution in [3.05, 3.63) is 60.2 Å². The van der Waals surface area contributed by atoms with Gasteiger partial charge in [0, 0.05) is 0 Å². The van der Waals surface area contributed by atoms with Gasteiger partial charge in [0.25, 0.3) is 0 Å². The highest BCUT2D eigenvalue weighted by atomic mass is 16.5. The predicted octanol–water partition coefficient (Wildman–Crippen LogP) is 3.45. The van der Waals surface area contributed by atoms with E-state index in [1.807, 2.05) is 42.5 Å². The van der Waals surface area contributed by atoms with E-state index in [-0.39, 0.29) is 11.9 Å². The number of para-hydroxylation sites is 1. The number of nitrogens with zero attached hydrogens (tertiary/aromatic N) is 1. The molecule has 0 amide bonds. The molecule has 0 bridgehead atoms. The zero-order valence-electron chi connectivity index (χ0n) is 11.5. The highest BCUT2D eigenvalue weighted by Gasteiger charge is 2.31. The summed E-state index contributed by atoms with van der Waals surface area (Å²) in [5, 5.41) is 4.16. The van der Waals surface area contributed by atoms with Gasteiger partial charge in [-0.2, -0.15) is 5.10 Å². The number of esters is 1. The molecule has 0 atom stereocenters. The average Bonchev–Trinajstić information content (AvgIpc) is 3.35. The van der Waals surface area contributed by atoms with Gasteiger partial charge >= 0.3 is 5.97 Å². The number of nitrogens with one attached hydrogen (secondary N) is 1. The van der Waals surface area contributed by atoms with Crippen molar-refractivity contribution in [2.75, 3.05) is 5.43 Å². The van der Waals surface area contributed by atoms with Crippen LogP contribution < -0.4 is 10.2 Å². The van der Waals surface area contributed by atoms with Crippen LogP contribution in [0.4, 0.5) is 5.69 Å². The van der Waals surface area contributed by atoms with Crippen LogP contribution in [0.15, 0.2) is 59.7 Å². The fraction of sp³-hybridized carbons (Fsp3) is 0.176. The molecule has 1 fully saturated rings. The summed E-state index contributed by atoms with van der Waals surface area (Å²) >= 11 is 0. The number of carbonyl (C=O) groups excluding carboxylic acids is 1. The first-order valence-corrected chi connectivity index (χ1v) is 6.97. The first-order valence-electron chi connectivity index (χ1n) is 6.97. The lowest BCUT2D eigenvalue weighted by atomic mass is 10.2.